The van der Waals surface area contributed by atoms with Crippen molar-refractivity contribution in [2.24, 2.45) is 0 Å². The highest BCUT2D eigenvalue weighted by molar-refractivity contribution is 5.72. The van der Waals surface area contributed by atoms with Crippen LogP contribution in [0, 0.1) is 0 Å². The van der Waals surface area contributed by atoms with Crippen molar-refractivity contribution in [3.8, 4) is 11.5 Å². The van der Waals surface area contributed by atoms with Crippen molar-refractivity contribution in [3.63, 3.8) is 0 Å². The molecule has 0 aliphatic rings. The predicted molar refractivity (Wildman–Crippen MR) is 72.8 cm³/mol. The third-order valence-corrected chi connectivity index (χ3v) is 3.47. The van der Waals surface area contributed by atoms with Gasteiger partial charge in [0.25, 0.3) is 0 Å². The molecule has 0 fully saturated rings. The molecule has 0 bridgehead atoms. The van der Waals surface area contributed by atoms with Crippen LogP contribution in [-0.2, 0) is 4.79 Å². The van der Waals surface area contributed by atoms with Crippen LogP contribution in [0.25, 0.3) is 0 Å². The van der Waals surface area contributed by atoms with Crippen molar-refractivity contribution < 1.29 is 19.4 Å². The minimum atomic E-state index is -0.846. The van der Waals surface area contributed by atoms with Gasteiger partial charge in [-0.1, -0.05) is 6.07 Å². The number of carboxylic acids is 1. The summed E-state index contributed by atoms with van der Waals surface area (Å²) in [4.78, 5) is 12.8. The molecule has 1 aromatic carbocycles. The average molecular weight is 267 g/mol. The SMILES string of the molecule is COc1ccc(C(C)N(C)C(C)C(=O)O)c(OC)c1. The smallest absolute Gasteiger partial charge is 0.320 e. The molecule has 1 aromatic rings. The van der Waals surface area contributed by atoms with Gasteiger partial charge in [-0.15, -0.1) is 0 Å². The van der Waals surface area contributed by atoms with Crippen LogP contribution in [0.3, 0.4) is 0 Å². The van der Waals surface area contributed by atoms with E-state index in [2.05, 4.69) is 0 Å². The summed E-state index contributed by atoms with van der Waals surface area (Å²) in [6, 6.07) is 4.89. The molecular formula is C14H21NO4. The summed E-state index contributed by atoms with van der Waals surface area (Å²) in [6.45, 7) is 3.61. The Hall–Kier alpha value is -1.75. The minimum Gasteiger partial charge on any atom is -0.497 e. The number of likely N-dealkylation sites (N-methyl/N-ethyl adjacent to an activating group) is 1. The number of hydrogen-bond acceptors (Lipinski definition) is 4. The van der Waals surface area contributed by atoms with Gasteiger partial charge in [0, 0.05) is 17.7 Å². The summed E-state index contributed by atoms with van der Waals surface area (Å²) in [6.07, 6.45) is 0. The molecule has 1 N–H and O–H groups in total. The van der Waals surface area contributed by atoms with Crippen LogP contribution in [0.15, 0.2) is 18.2 Å². The maximum atomic E-state index is 11.0. The highest BCUT2D eigenvalue weighted by Crippen LogP contribution is 2.32. The maximum Gasteiger partial charge on any atom is 0.320 e. The molecule has 0 aliphatic carbocycles. The average Bonchev–Trinajstić information content (AvgIpc) is 2.43. The zero-order chi connectivity index (χ0) is 14.6. The monoisotopic (exact) mass is 267 g/mol. The zero-order valence-electron chi connectivity index (χ0n) is 12.0. The molecule has 0 aromatic heterocycles. The quantitative estimate of drug-likeness (QED) is 0.856. The third-order valence-electron chi connectivity index (χ3n) is 3.47. The molecule has 5 nitrogen and oxygen atoms in total. The molecule has 2 atom stereocenters. The standard InChI is InChI=1S/C14H21NO4/c1-9(15(3)10(2)14(16)17)12-7-6-11(18-4)8-13(12)19-5/h6-10H,1-5H3,(H,16,17). The van der Waals surface area contributed by atoms with Crippen LogP contribution >= 0.6 is 0 Å². The molecule has 0 radical (unpaired) electrons. The number of ether oxygens (including phenoxy) is 2. The van der Waals surface area contributed by atoms with Crippen LogP contribution in [0.1, 0.15) is 25.5 Å². The van der Waals surface area contributed by atoms with Gasteiger partial charge in [-0.2, -0.15) is 0 Å². The first kappa shape index (κ1) is 15.3. The van der Waals surface area contributed by atoms with Crippen LogP contribution in [0.4, 0.5) is 0 Å². The van der Waals surface area contributed by atoms with Crippen molar-refractivity contribution in [2.45, 2.75) is 25.9 Å². The highest BCUT2D eigenvalue weighted by atomic mass is 16.5. The van der Waals surface area contributed by atoms with E-state index >= 15 is 0 Å². The Morgan fingerprint density at radius 1 is 1.26 bits per heavy atom. The lowest BCUT2D eigenvalue weighted by Crippen LogP contribution is -2.37. The van der Waals surface area contributed by atoms with Crippen molar-refractivity contribution in [1.29, 1.82) is 0 Å². The Labute approximate surface area is 113 Å². The topological polar surface area (TPSA) is 59.0 Å². The molecule has 1 rings (SSSR count). The summed E-state index contributed by atoms with van der Waals surface area (Å²) in [5, 5.41) is 9.06. The molecule has 0 aliphatic heterocycles. The molecule has 0 heterocycles. The third kappa shape index (κ3) is 3.38. The number of nitrogens with zero attached hydrogens (tertiary/aromatic N) is 1. The Morgan fingerprint density at radius 3 is 2.37 bits per heavy atom. The van der Waals surface area contributed by atoms with Crippen LogP contribution in [-0.4, -0.2) is 43.3 Å². The number of methoxy groups -OCH3 is 2. The number of benzene rings is 1. The first-order chi connectivity index (χ1) is 8.92. The lowest BCUT2D eigenvalue weighted by molar-refractivity contribution is -0.142. The fraction of sp³-hybridized carbons (Fsp3) is 0.500. The second-order valence-corrected chi connectivity index (χ2v) is 4.46. The van der Waals surface area contributed by atoms with Crippen molar-refractivity contribution in [3.05, 3.63) is 23.8 Å². The Morgan fingerprint density at radius 2 is 1.89 bits per heavy atom. The van der Waals surface area contributed by atoms with Gasteiger partial charge < -0.3 is 14.6 Å². The Kier molecular flexibility index (Phi) is 5.18. The van der Waals surface area contributed by atoms with E-state index in [1.165, 1.54) is 0 Å². The van der Waals surface area contributed by atoms with E-state index in [0.29, 0.717) is 11.5 Å². The lowest BCUT2D eigenvalue weighted by atomic mass is 10.0. The largest absolute Gasteiger partial charge is 0.497 e. The first-order valence-electron chi connectivity index (χ1n) is 6.09. The van der Waals surface area contributed by atoms with E-state index in [0.717, 1.165) is 5.56 Å². The van der Waals surface area contributed by atoms with Gasteiger partial charge in [0.1, 0.15) is 17.5 Å². The number of rotatable bonds is 6. The molecule has 2 unspecified atom stereocenters. The van der Waals surface area contributed by atoms with Crippen molar-refractivity contribution in [2.75, 3.05) is 21.3 Å². The summed E-state index contributed by atoms with van der Waals surface area (Å²) in [5.74, 6) is 0.555. The summed E-state index contributed by atoms with van der Waals surface area (Å²) in [5.41, 5.74) is 0.930. The van der Waals surface area contributed by atoms with Gasteiger partial charge in [-0.25, -0.2) is 0 Å². The second kappa shape index (κ2) is 6.43. The molecule has 0 saturated heterocycles. The van der Waals surface area contributed by atoms with Gasteiger partial charge in [0.2, 0.25) is 0 Å². The molecule has 106 valence electrons. The first-order valence-corrected chi connectivity index (χ1v) is 6.09. The highest BCUT2D eigenvalue weighted by Gasteiger charge is 2.24. The number of carboxylic acid groups (broad SMARTS) is 1. The van der Waals surface area contributed by atoms with Crippen molar-refractivity contribution >= 4 is 5.97 Å². The van der Waals surface area contributed by atoms with Gasteiger partial charge in [0.15, 0.2) is 0 Å². The molecular weight excluding hydrogens is 246 g/mol. The predicted octanol–water partition coefficient (Wildman–Crippen LogP) is 2.17. The van der Waals surface area contributed by atoms with E-state index in [1.807, 2.05) is 19.1 Å². The lowest BCUT2D eigenvalue weighted by Gasteiger charge is -2.29. The zero-order valence-corrected chi connectivity index (χ0v) is 12.0. The van der Waals surface area contributed by atoms with Crippen molar-refractivity contribution in [1.82, 2.24) is 4.90 Å². The summed E-state index contributed by atoms with van der Waals surface area (Å²) >= 11 is 0. The Balaban J connectivity index is 3.04. The van der Waals surface area contributed by atoms with Gasteiger partial charge in [0.05, 0.1) is 14.2 Å². The molecule has 0 saturated carbocycles. The van der Waals surface area contributed by atoms with E-state index in [-0.39, 0.29) is 6.04 Å². The van der Waals surface area contributed by atoms with Crippen LogP contribution < -0.4 is 9.47 Å². The van der Waals surface area contributed by atoms with Crippen LogP contribution in [0.2, 0.25) is 0 Å². The molecule has 0 amide bonds. The van der Waals surface area contributed by atoms with Gasteiger partial charge >= 0.3 is 5.97 Å². The number of carbonyl (C=O) groups is 1. The molecule has 19 heavy (non-hydrogen) atoms. The van der Waals surface area contributed by atoms with Crippen LogP contribution in [0.5, 0.6) is 11.5 Å². The maximum absolute atomic E-state index is 11.0. The molecule has 5 heteroatoms. The number of aliphatic carboxylic acids is 1. The molecule has 0 spiro atoms. The second-order valence-electron chi connectivity index (χ2n) is 4.46. The van der Waals surface area contributed by atoms with E-state index in [4.69, 9.17) is 14.6 Å². The normalized spacial score (nSPS) is 14.0. The van der Waals surface area contributed by atoms with Gasteiger partial charge in [-0.05, 0) is 27.0 Å². The van der Waals surface area contributed by atoms with E-state index in [1.54, 1.807) is 39.2 Å². The van der Waals surface area contributed by atoms with E-state index < -0.39 is 12.0 Å². The van der Waals surface area contributed by atoms with Gasteiger partial charge in [-0.3, -0.25) is 9.69 Å². The Bertz CT molecular complexity index is 447. The summed E-state index contributed by atoms with van der Waals surface area (Å²) in [7, 11) is 4.97. The minimum absolute atomic E-state index is 0.0769. The summed E-state index contributed by atoms with van der Waals surface area (Å²) < 4.78 is 10.5. The van der Waals surface area contributed by atoms with E-state index in [9.17, 15) is 4.79 Å². The fourth-order valence-corrected chi connectivity index (χ4v) is 1.89. The fourth-order valence-electron chi connectivity index (χ4n) is 1.89. The number of hydrogen-bond donors (Lipinski definition) is 1.